The van der Waals surface area contributed by atoms with Gasteiger partial charge in [0.25, 0.3) is 10.0 Å². The van der Waals surface area contributed by atoms with Gasteiger partial charge in [-0.25, -0.2) is 13.4 Å². The van der Waals surface area contributed by atoms with Gasteiger partial charge in [0.15, 0.2) is 0 Å². The second kappa shape index (κ2) is 5.47. The van der Waals surface area contributed by atoms with Crippen molar-refractivity contribution in [2.24, 2.45) is 0 Å². The molecule has 0 aliphatic rings. The fourth-order valence-corrected chi connectivity index (χ4v) is 3.63. The van der Waals surface area contributed by atoms with Crippen molar-refractivity contribution >= 4 is 44.7 Å². The molecule has 20 heavy (non-hydrogen) atoms. The van der Waals surface area contributed by atoms with Gasteiger partial charge < -0.3 is 5.73 Å². The molecule has 1 heterocycles. The first-order chi connectivity index (χ1) is 9.29. The number of hydrogen-bond donors (Lipinski definition) is 2. The number of nitrogens with zero attached hydrogens (tertiary/aromatic N) is 1. The van der Waals surface area contributed by atoms with Gasteiger partial charge >= 0.3 is 0 Å². The minimum Gasteiger partial charge on any atom is -0.398 e. The molecule has 106 valence electrons. The number of aryl methyl sites for hydroxylation is 1. The molecule has 0 atom stereocenters. The summed E-state index contributed by atoms with van der Waals surface area (Å²) >= 11 is 11.7. The lowest BCUT2D eigenvalue weighted by Crippen LogP contribution is -2.16. The van der Waals surface area contributed by atoms with Crippen molar-refractivity contribution in [3.05, 3.63) is 46.1 Å². The number of nitrogens with one attached hydrogen (secondary N) is 1. The highest BCUT2D eigenvalue weighted by molar-refractivity contribution is 7.93. The number of nitrogen functional groups attached to an aromatic ring is 1. The Bertz CT molecular complexity index is 740. The van der Waals surface area contributed by atoms with Crippen molar-refractivity contribution in [1.82, 2.24) is 4.98 Å². The molecule has 0 saturated heterocycles. The van der Waals surface area contributed by atoms with Crippen LogP contribution in [-0.4, -0.2) is 13.4 Å². The Balaban J connectivity index is 2.46. The van der Waals surface area contributed by atoms with Crippen LogP contribution in [0.3, 0.4) is 0 Å². The fraction of sp³-hybridized carbons (Fsp3) is 0.0833. The van der Waals surface area contributed by atoms with Gasteiger partial charge in [0, 0.05) is 11.2 Å². The van der Waals surface area contributed by atoms with Crippen LogP contribution in [0, 0.1) is 6.92 Å². The van der Waals surface area contributed by atoms with Crippen molar-refractivity contribution in [2.75, 3.05) is 10.5 Å². The van der Waals surface area contributed by atoms with Crippen LogP contribution in [-0.2, 0) is 10.0 Å². The summed E-state index contributed by atoms with van der Waals surface area (Å²) in [5, 5.41) is 0.218. The second-order valence-corrected chi connectivity index (χ2v) is 6.59. The molecule has 0 saturated carbocycles. The van der Waals surface area contributed by atoms with Crippen molar-refractivity contribution in [3.63, 3.8) is 0 Å². The number of nitrogens with two attached hydrogens (primary N) is 1. The first-order valence-electron chi connectivity index (χ1n) is 5.49. The van der Waals surface area contributed by atoms with Gasteiger partial charge in [-0.05, 0) is 36.8 Å². The molecule has 1 aromatic carbocycles. The first-order valence-corrected chi connectivity index (χ1v) is 7.73. The van der Waals surface area contributed by atoms with Crippen molar-refractivity contribution < 1.29 is 8.42 Å². The predicted octanol–water partition coefficient (Wildman–Crippen LogP) is 3.08. The highest BCUT2D eigenvalue weighted by atomic mass is 35.5. The number of benzene rings is 1. The van der Waals surface area contributed by atoms with E-state index in [1.807, 2.05) is 6.92 Å². The van der Waals surface area contributed by atoms with E-state index >= 15 is 0 Å². The molecule has 8 heteroatoms. The lowest BCUT2D eigenvalue weighted by Gasteiger charge is -2.11. The summed E-state index contributed by atoms with van der Waals surface area (Å²) < 4.78 is 26.9. The number of halogens is 2. The molecule has 0 radical (unpaired) electrons. The summed E-state index contributed by atoms with van der Waals surface area (Å²) in [6, 6.07) is 5.99. The third kappa shape index (κ3) is 3.15. The van der Waals surface area contributed by atoms with Crippen LogP contribution >= 0.6 is 23.2 Å². The topological polar surface area (TPSA) is 85.1 Å². The van der Waals surface area contributed by atoms with E-state index in [0.29, 0.717) is 0 Å². The van der Waals surface area contributed by atoms with Crippen LogP contribution in [0.5, 0.6) is 0 Å². The molecule has 0 fully saturated rings. The lowest BCUT2D eigenvalue weighted by atomic mass is 10.3. The second-order valence-electron chi connectivity index (χ2n) is 4.13. The smallest absolute Gasteiger partial charge is 0.266 e. The number of rotatable bonds is 3. The van der Waals surface area contributed by atoms with Crippen molar-refractivity contribution in [3.8, 4) is 0 Å². The number of anilines is 2. The molecule has 2 rings (SSSR count). The average molecular weight is 332 g/mol. The highest BCUT2D eigenvalue weighted by Crippen LogP contribution is 2.32. The Morgan fingerprint density at radius 3 is 2.55 bits per heavy atom. The van der Waals surface area contributed by atoms with E-state index in [4.69, 9.17) is 28.9 Å². The monoisotopic (exact) mass is 331 g/mol. The van der Waals surface area contributed by atoms with Gasteiger partial charge in [-0.1, -0.05) is 23.2 Å². The predicted molar refractivity (Wildman–Crippen MR) is 80.7 cm³/mol. The normalized spacial score (nSPS) is 11.3. The fourth-order valence-electron chi connectivity index (χ4n) is 1.64. The first kappa shape index (κ1) is 14.9. The Kier molecular flexibility index (Phi) is 4.08. The highest BCUT2D eigenvalue weighted by Gasteiger charge is 2.22. The van der Waals surface area contributed by atoms with Crippen LogP contribution < -0.4 is 10.5 Å². The number of pyridine rings is 1. The summed E-state index contributed by atoms with van der Waals surface area (Å²) in [4.78, 5) is 3.71. The maximum absolute atomic E-state index is 12.3. The van der Waals surface area contributed by atoms with E-state index < -0.39 is 10.0 Å². The molecule has 0 aliphatic carbocycles. The zero-order chi connectivity index (χ0) is 14.9. The molecule has 2 aromatic rings. The SMILES string of the molecule is Cc1ccnc(NS(=O)(=O)c2c(N)cc(Cl)cc2Cl)c1. The van der Waals surface area contributed by atoms with Crippen molar-refractivity contribution in [2.45, 2.75) is 11.8 Å². The maximum atomic E-state index is 12.3. The minimum absolute atomic E-state index is 0.0253. The summed E-state index contributed by atoms with van der Waals surface area (Å²) in [5.74, 6) is 0.190. The maximum Gasteiger partial charge on any atom is 0.266 e. The third-order valence-electron chi connectivity index (χ3n) is 2.46. The molecular formula is C12H11Cl2N3O2S. The van der Waals surface area contributed by atoms with Gasteiger partial charge in [0.05, 0.1) is 10.7 Å². The van der Waals surface area contributed by atoms with Crippen molar-refractivity contribution in [1.29, 1.82) is 0 Å². The molecule has 3 N–H and O–H groups in total. The molecule has 1 aromatic heterocycles. The Morgan fingerprint density at radius 1 is 1.25 bits per heavy atom. The Labute approximate surface area is 126 Å². The van der Waals surface area contributed by atoms with Crippen LogP contribution in [0.2, 0.25) is 10.0 Å². The molecule has 0 unspecified atom stereocenters. The summed E-state index contributed by atoms with van der Waals surface area (Å²) in [7, 11) is -3.94. The van der Waals surface area contributed by atoms with E-state index in [1.165, 1.54) is 18.3 Å². The van der Waals surface area contributed by atoms with Crippen LogP contribution in [0.25, 0.3) is 0 Å². The third-order valence-corrected chi connectivity index (χ3v) is 4.56. The molecule has 0 aliphatic heterocycles. The van der Waals surface area contributed by atoms with Gasteiger partial charge in [-0.15, -0.1) is 0 Å². The average Bonchev–Trinajstić information content (AvgIpc) is 2.25. The van der Waals surface area contributed by atoms with E-state index in [9.17, 15) is 8.42 Å². The quantitative estimate of drug-likeness (QED) is 0.846. The number of sulfonamides is 1. The molecule has 5 nitrogen and oxygen atoms in total. The lowest BCUT2D eigenvalue weighted by molar-refractivity contribution is 0.601. The van der Waals surface area contributed by atoms with E-state index in [2.05, 4.69) is 9.71 Å². The van der Waals surface area contributed by atoms with Gasteiger partial charge in [-0.3, -0.25) is 4.72 Å². The summed E-state index contributed by atoms with van der Waals surface area (Å²) in [6.07, 6.45) is 1.50. The van der Waals surface area contributed by atoms with Crippen LogP contribution in [0.4, 0.5) is 11.5 Å². The summed E-state index contributed by atoms with van der Waals surface area (Å²) in [6.45, 7) is 1.82. The van der Waals surface area contributed by atoms with E-state index in [0.717, 1.165) is 5.56 Å². The summed E-state index contributed by atoms with van der Waals surface area (Å²) in [5.41, 5.74) is 6.53. The van der Waals surface area contributed by atoms with Gasteiger partial charge in [0.2, 0.25) is 0 Å². The zero-order valence-corrected chi connectivity index (χ0v) is 12.7. The Morgan fingerprint density at radius 2 is 1.95 bits per heavy atom. The molecular weight excluding hydrogens is 321 g/mol. The van der Waals surface area contributed by atoms with Gasteiger partial charge in [-0.2, -0.15) is 0 Å². The molecule has 0 spiro atoms. The largest absolute Gasteiger partial charge is 0.398 e. The number of hydrogen-bond acceptors (Lipinski definition) is 4. The number of aromatic nitrogens is 1. The Hall–Kier alpha value is -1.50. The van der Waals surface area contributed by atoms with Crippen LogP contribution in [0.1, 0.15) is 5.56 Å². The van der Waals surface area contributed by atoms with Crippen LogP contribution in [0.15, 0.2) is 35.4 Å². The standard InChI is InChI=1S/C12H11Cl2N3O2S/c1-7-2-3-16-11(4-7)17-20(18,19)12-9(14)5-8(13)6-10(12)15/h2-6H,15H2,1H3,(H,16,17). The minimum atomic E-state index is -3.94. The van der Waals surface area contributed by atoms with E-state index in [-0.39, 0.29) is 26.4 Å². The molecule has 0 bridgehead atoms. The van der Waals surface area contributed by atoms with Gasteiger partial charge in [0.1, 0.15) is 10.7 Å². The van der Waals surface area contributed by atoms with E-state index in [1.54, 1.807) is 12.1 Å². The molecule has 0 amide bonds. The zero-order valence-electron chi connectivity index (χ0n) is 10.4.